The Morgan fingerprint density at radius 1 is 1.53 bits per heavy atom. The lowest BCUT2D eigenvalue weighted by atomic mass is 10.2. The molecule has 94 valence electrons. The van der Waals surface area contributed by atoms with E-state index in [2.05, 4.69) is 5.32 Å². The minimum Gasteiger partial charge on any atom is -0.506 e. The summed E-state index contributed by atoms with van der Waals surface area (Å²) in [4.78, 5) is 13.1. The third-order valence-corrected chi connectivity index (χ3v) is 2.74. The second kappa shape index (κ2) is 5.89. The maximum atomic E-state index is 11.6. The van der Waals surface area contributed by atoms with Gasteiger partial charge in [-0.15, -0.1) is 0 Å². The lowest BCUT2D eigenvalue weighted by Gasteiger charge is -2.18. The number of benzene rings is 1. The summed E-state index contributed by atoms with van der Waals surface area (Å²) in [5.41, 5.74) is 0.922. The SMILES string of the molecule is CC(NCc1ccc(O)c(Cl)c1)C(=O)N(C)C. The van der Waals surface area contributed by atoms with Crippen molar-refractivity contribution in [1.29, 1.82) is 0 Å². The van der Waals surface area contributed by atoms with E-state index in [1.54, 1.807) is 31.1 Å². The van der Waals surface area contributed by atoms with Crippen LogP contribution in [0, 0.1) is 0 Å². The highest BCUT2D eigenvalue weighted by Gasteiger charge is 2.13. The van der Waals surface area contributed by atoms with Crippen molar-refractivity contribution < 1.29 is 9.90 Å². The van der Waals surface area contributed by atoms with Crippen LogP contribution < -0.4 is 5.32 Å². The normalized spacial score (nSPS) is 12.2. The molecule has 1 atom stereocenters. The van der Waals surface area contributed by atoms with Crippen LogP contribution in [0.2, 0.25) is 5.02 Å². The van der Waals surface area contributed by atoms with E-state index < -0.39 is 0 Å². The summed E-state index contributed by atoms with van der Waals surface area (Å²) in [5, 5.41) is 12.7. The summed E-state index contributed by atoms with van der Waals surface area (Å²) in [7, 11) is 3.44. The first kappa shape index (κ1) is 13.8. The molecule has 2 N–H and O–H groups in total. The summed E-state index contributed by atoms with van der Waals surface area (Å²) >= 11 is 5.79. The fourth-order valence-electron chi connectivity index (χ4n) is 1.41. The minimum atomic E-state index is -0.252. The van der Waals surface area contributed by atoms with Gasteiger partial charge in [-0.1, -0.05) is 17.7 Å². The zero-order valence-electron chi connectivity index (χ0n) is 10.2. The number of aromatic hydroxyl groups is 1. The summed E-state index contributed by atoms with van der Waals surface area (Å²) in [5.74, 6) is 0.0858. The molecule has 0 bridgehead atoms. The van der Waals surface area contributed by atoms with Crippen molar-refractivity contribution in [2.24, 2.45) is 0 Å². The number of phenolic OH excluding ortho intramolecular Hbond substituents is 1. The van der Waals surface area contributed by atoms with Crippen molar-refractivity contribution in [1.82, 2.24) is 10.2 Å². The van der Waals surface area contributed by atoms with E-state index in [1.807, 2.05) is 6.92 Å². The molecule has 0 radical (unpaired) electrons. The van der Waals surface area contributed by atoms with E-state index in [1.165, 1.54) is 6.07 Å². The molecular weight excluding hydrogens is 240 g/mol. The van der Waals surface area contributed by atoms with Crippen LogP contribution in [-0.2, 0) is 11.3 Å². The standard InChI is InChI=1S/C12H17ClN2O2/c1-8(12(17)15(2)3)14-7-9-4-5-11(16)10(13)6-9/h4-6,8,14,16H,7H2,1-3H3. The second-order valence-electron chi connectivity index (χ2n) is 4.12. The smallest absolute Gasteiger partial charge is 0.238 e. The molecule has 1 aromatic carbocycles. The molecule has 17 heavy (non-hydrogen) atoms. The zero-order chi connectivity index (χ0) is 13.0. The maximum Gasteiger partial charge on any atom is 0.238 e. The van der Waals surface area contributed by atoms with Gasteiger partial charge in [0.05, 0.1) is 11.1 Å². The second-order valence-corrected chi connectivity index (χ2v) is 4.53. The molecule has 0 aliphatic carbocycles. The monoisotopic (exact) mass is 256 g/mol. The fraction of sp³-hybridized carbons (Fsp3) is 0.417. The predicted octanol–water partition coefficient (Wildman–Crippen LogP) is 1.61. The molecule has 0 saturated heterocycles. The van der Waals surface area contributed by atoms with Crippen LogP contribution in [0.4, 0.5) is 0 Å². The van der Waals surface area contributed by atoms with Gasteiger partial charge in [0.1, 0.15) is 5.75 Å². The Morgan fingerprint density at radius 2 is 2.18 bits per heavy atom. The van der Waals surface area contributed by atoms with E-state index in [4.69, 9.17) is 11.6 Å². The van der Waals surface area contributed by atoms with Crippen molar-refractivity contribution in [2.45, 2.75) is 19.5 Å². The molecule has 0 heterocycles. The Kier molecular flexibility index (Phi) is 4.78. The van der Waals surface area contributed by atoms with Gasteiger partial charge in [0, 0.05) is 20.6 Å². The first-order valence-electron chi connectivity index (χ1n) is 5.33. The van der Waals surface area contributed by atoms with Gasteiger partial charge in [-0.05, 0) is 24.6 Å². The van der Waals surface area contributed by atoms with Gasteiger partial charge in [0.2, 0.25) is 5.91 Å². The van der Waals surface area contributed by atoms with Gasteiger partial charge in [-0.2, -0.15) is 0 Å². The number of amides is 1. The Morgan fingerprint density at radius 3 is 2.71 bits per heavy atom. The molecule has 0 aromatic heterocycles. The number of hydrogen-bond donors (Lipinski definition) is 2. The Hall–Kier alpha value is -1.26. The molecule has 1 aromatic rings. The maximum absolute atomic E-state index is 11.6. The predicted molar refractivity (Wildman–Crippen MR) is 68.1 cm³/mol. The molecule has 1 unspecified atom stereocenters. The van der Waals surface area contributed by atoms with E-state index in [0.717, 1.165) is 5.56 Å². The highest BCUT2D eigenvalue weighted by atomic mass is 35.5. The quantitative estimate of drug-likeness (QED) is 0.861. The molecule has 0 fully saturated rings. The first-order chi connectivity index (χ1) is 7.91. The summed E-state index contributed by atoms with van der Waals surface area (Å²) in [6.45, 7) is 2.34. The molecule has 0 spiro atoms. The fourth-order valence-corrected chi connectivity index (χ4v) is 1.61. The molecule has 1 rings (SSSR count). The van der Waals surface area contributed by atoms with Crippen LogP contribution in [0.15, 0.2) is 18.2 Å². The van der Waals surface area contributed by atoms with Crippen LogP contribution in [0.25, 0.3) is 0 Å². The van der Waals surface area contributed by atoms with E-state index in [9.17, 15) is 9.90 Å². The number of halogens is 1. The lowest BCUT2D eigenvalue weighted by Crippen LogP contribution is -2.41. The third kappa shape index (κ3) is 3.91. The van der Waals surface area contributed by atoms with Gasteiger partial charge in [-0.3, -0.25) is 4.79 Å². The number of hydrogen-bond acceptors (Lipinski definition) is 3. The van der Waals surface area contributed by atoms with Gasteiger partial charge in [-0.25, -0.2) is 0 Å². The van der Waals surface area contributed by atoms with Gasteiger partial charge >= 0.3 is 0 Å². The topological polar surface area (TPSA) is 52.6 Å². The Balaban J connectivity index is 2.56. The highest BCUT2D eigenvalue weighted by molar-refractivity contribution is 6.32. The Bertz CT molecular complexity index is 407. The van der Waals surface area contributed by atoms with E-state index in [-0.39, 0.29) is 17.7 Å². The van der Waals surface area contributed by atoms with Crippen LogP contribution >= 0.6 is 11.6 Å². The average Bonchev–Trinajstić information content (AvgIpc) is 2.29. The van der Waals surface area contributed by atoms with Crippen molar-refractivity contribution in [3.05, 3.63) is 28.8 Å². The summed E-state index contributed by atoms with van der Waals surface area (Å²) in [6.07, 6.45) is 0. The van der Waals surface area contributed by atoms with Crippen LogP contribution in [-0.4, -0.2) is 36.1 Å². The molecule has 0 saturated carbocycles. The number of carbonyl (C=O) groups is 1. The van der Waals surface area contributed by atoms with E-state index >= 15 is 0 Å². The van der Waals surface area contributed by atoms with Gasteiger partial charge < -0.3 is 15.3 Å². The molecule has 1 amide bonds. The number of likely N-dealkylation sites (N-methyl/N-ethyl adjacent to an activating group) is 1. The first-order valence-corrected chi connectivity index (χ1v) is 5.71. The van der Waals surface area contributed by atoms with Crippen molar-refractivity contribution in [3.63, 3.8) is 0 Å². The van der Waals surface area contributed by atoms with Crippen LogP contribution in [0.1, 0.15) is 12.5 Å². The van der Waals surface area contributed by atoms with E-state index in [0.29, 0.717) is 11.6 Å². The highest BCUT2D eigenvalue weighted by Crippen LogP contribution is 2.23. The largest absolute Gasteiger partial charge is 0.506 e. The summed E-state index contributed by atoms with van der Waals surface area (Å²) in [6, 6.07) is 4.73. The molecule has 5 heteroatoms. The molecular formula is C12H17ClN2O2. The number of rotatable bonds is 4. The number of carbonyl (C=O) groups excluding carboxylic acids is 1. The minimum absolute atomic E-state index is 0.0230. The lowest BCUT2D eigenvalue weighted by molar-refractivity contribution is -0.130. The van der Waals surface area contributed by atoms with Crippen LogP contribution in [0.5, 0.6) is 5.75 Å². The Labute approximate surface area is 106 Å². The molecule has 0 aliphatic rings. The van der Waals surface area contributed by atoms with Crippen LogP contribution in [0.3, 0.4) is 0 Å². The van der Waals surface area contributed by atoms with Gasteiger partial charge in [0.25, 0.3) is 0 Å². The third-order valence-electron chi connectivity index (χ3n) is 2.44. The zero-order valence-corrected chi connectivity index (χ0v) is 11.0. The number of phenols is 1. The number of nitrogens with one attached hydrogen (secondary N) is 1. The molecule has 4 nitrogen and oxygen atoms in total. The van der Waals surface area contributed by atoms with Crippen molar-refractivity contribution in [2.75, 3.05) is 14.1 Å². The summed E-state index contributed by atoms with van der Waals surface area (Å²) < 4.78 is 0. The van der Waals surface area contributed by atoms with Crippen molar-refractivity contribution >= 4 is 17.5 Å². The average molecular weight is 257 g/mol. The number of nitrogens with zero attached hydrogens (tertiary/aromatic N) is 1. The van der Waals surface area contributed by atoms with Gasteiger partial charge in [0.15, 0.2) is 0 Å². The van der Waals surface area contributed by atoms with Crippen molar-refractivity contribution in [3.8, 4) is 5.75 Å². The molecule has 0 aliphatic heterocycles.